The third-order valence-electron chi connectivity index (χ3n) is 1.17. The van der Waals surface area contributed by atoms with Crippen LogP contribution < -0.4 is 5.73 Å². The Hall–Kier alpha value is -0.570. The molecule has 0 heterocycles. The van der Waals surface area contributed by atoms with Crippen molar-refractivity contribution in [1.82, 2.24) is 0 Å². The third-order valence-corrected chi connectivity index (χ3v) is 1.17. The van der Waals surface area contributed by atoms with Crippen molar-refractivity contribution < 1.29 is 9.53 Å². The predicted octanol–water partition coefficient (Wildman–Crippen LogP) is 0.144. The van der Waals surface area contributed by atoms with Crippen molar-refractivity contribution in [2.45, 2.75) is 13.8 Å². The summed E-state index contributed by atoms with van der Waals surface area (Å²) < 4.78 is 4.77. The van der Waals surface area contributed by atoms with Gasteiger partial charge in [0, 0.05) is 7.11 Å². The fourth-order valence-electron chi connectivity index (χ4n) is 0.432. The second-order valence-corrected chi connectivity index (χ2v) is 2.68. The summed E-state index contributed by atoms with van der Waals surface area (Å²) in [6.07, 6.45) is 0. The molecule has 0 unspecified atom stereocenters. The average molecular weight is 131 g/mol. The van der Waals surface area contributed by atoms with E-state index in [0.717, 1.165) is 0 Å². The summed E-state index contributed by atoms with van der Waals surface area (Å²) in [6, 6.07) is 0. The molecule has 2 N–H and O–H groups in total. The van der Waals surface area contributed by atoms with E-state index in [4.69, 9.17) is 10.5 Å². The standard InChI is InChI=1S/C6H13NO2/c1-6(2,4-9-3)5(7)8/h4H2,1-3H3,(H2,7,8). The summed E-state index contributed by atoms with van der Waals surface area (Å²) in [6.45, 7) is 3.88. The number of hydrogen-bond acceptors (Lipinski definition) is 2. The summed E-state index contributed by atoms with van der Waals surface area (Å²) in [5.74, 6) is -0.329. The molecule has 0 aliphatic heterocycles. The molecule has 9 heavy (non-hydrogen) atoms. The van der Waals surface area contributed by atoms with Gasteiger partial charge in [-0.2, -0.15) is 0 Å². The molecule has 0 aromatic carbocycles. The lowest BCUT2D eigenvalue weighted by Gasteiger charge is -2.17. The SMILES string of the molecule is COCC(C)(C)C(N)=O. The van der Waals surface area contributed by atoms with Gasteiger partial charge in [0.2, 0.25) is 5.91 Å². The number of ether oxygens (including phenoxy) is 1. The molecule has 0 fully saturated rings. The van der Waals surface area contributed by atoms with Crippen LogP contribution in [0.25, 0.3) is 0 Å². The fourth-order valence-corrected chi connectivity index (χ4v) is 0.432. The number of primary amides is 1. The van der Waals surface area contributed by atoms with Gasteiger partial charge in [-0.3, -0.25) is 4.79 Å². The van der Waals surface area contributed by atoms with Gasteiger partial charge in [-0.1, -0.05) is 0 Å². The molecular weight excluding hydrogens is 118 g/mol. The highest BCUT2D eigenvalue weighted by Gasteiger charge is 2.24. The molecule has 0 rings (SSSR count). The highest BCUT2D eigenvalue weighted by molar-refractivity contribution is 5.79. The van der Waals surface area contributed by atoms with Gasteiger partial charge in [0.25, 0.3) is 0 Å². The molecule has 0 atom stereocenters. The van der Waals surface area contributed by atoms with E-state index in [1.54, 1.807) is 21.0 Å². The minimum Gasteiger partial charge on any atom is -0.384 e. The van der Waals surface area contributed by atoms with Crippen LogP contribution in [0.2, 0.25) is 0 Å². The van der Waals surface area contributed by atoms with Crippen LogP contribution in [0.15, 0.2) is 0 Å². The Kier molecular flexibility index (Phi) is 2.65. The fraction of sp³-hybridized carbons (Fsp3) is 0.833. The molecule has 0 saturated carbocycles. The number of rotatable bonds is 3. The minimum atomic E-state index is -0.533. The van der Waals surface area contributed by atoms with E-state index in [1.807, 2.05) is 0 Å². The van der Waals surface area contributed by atoms with Gasteiger partial charge in [-0.15, -0.1) is 0 Å². The van der Waals surface area contributed by atoms with Crippen molar-refractivity contribution in [2.24, 2.45) is 11.1 Å². The van der Waals surface area contributed by atoms with Crippen LogP contribution in [-0.2, 0) is 9.53 Å². The Morgan fingerprint density at radius 2 is 2.11 bits per heavy atom. The summed E-state index contributed by atoms with van der Waals surface area (Å²) >= 11 is 0. The second kappa shape index (κ2) is 2.82. The lowest BCUT2D eigenvalue weighted by molar-refractivity contribution is -0.128. The number of carbonyl (C=O) groups is 1. The second-order valence-electron chi connectivity index (χ2n) is 2.68. The summed E-state index contributed by atoms with van der Waals surface area (Å²) in [5.41, 5.74) is 4.50. The first-order valence-electron chi connectivity index (χ1n) is 2.79. The Balaban J connectivity index is 3.85. The van der Waals surface area contributed by atoms with Gasteiger partial charge in [0.1, 0.15) is 0 Å². The van der Waals surface area contributed by atoms with Crippen LogP contribution in [0.5, 0.6) is 0 Å². The van der Waals surface area contributed by atoms with Gasteiger partial charge >= 0.3 is 0 Å². The lowest BCUT2D eigenvalue weighted by Crippen LogP contribution is -2.35. The maximum atomic E-state index is 10.6. The molecule has 3 nitrogen and oxygen atoms in total. The molecule has 0 aromatic heterocycles. The molecular formula is C6H13NO2. The van der Waals surface area contributed by atoms with E-state index in [1.165, 1.54) is 0 Å². The van der Waals surface area contributed by atoms with E-state index in [-0.39, 0.29) is 5.91 Å². The monoisotopic (exact) mass is 131 g/mol. The van der Waals surface area contributed by atoms with Gasteiger partial charge < -0.3 is 10.5 Å². The third kappa shape index (κ3) is 2.46. The largest absolute Gasteiger partial charge is 0.384 e. The van der Waals surface area contributed by atoms with E-state index in [9.17, 15) is 4.79 Å². The zero-order valence-corrected chi connectivity index (χ0v) is 6.10. The maximum absolute atomic E-state index is 10.6. The predicted molar refractivity (Wildman–Crippen MR) is 34.9 cm³/mol. The molecule has 0 aromatic rings. The summed E-state index contributed by atoms with van der Waals surface area (Å²) in [5, 5.41) is 0. The maximum Gasteiger partial charge on any atom is 0.225 e. The molecule has 0 saturated heterocycles. The number of carbonyl (C=O) groups excluding carboxylic acids is 1. The zero-order valence-electron chi connectivity index (χ0n) is 6.10. The van der Waals surface area contributed by atoms with Crippen LogP contribution in [-0.4, -0.2) is 19.6 Å². The van der Waals surface area contributed by atoms with Crippen LogP contribution in [0.3, 0.4) is 0 Å². The van der Waals surface area contributed by atoms with E-state index in [2.05, 4.69) is 0 Å². The van der Waals surface area contributed by atoms with Crippen molar-refractivity contribution in [3.8, 4) is 0 Å². The van der Waals surface area contributed by atoms with Crippen molar-refractivity contribution >= 4 is 5.91 Å². The Morgan fingerprint density at radius 1 is 1.67 bits per heavy atom. The average Bonchev–Trinajstić information content (AvgIpc) is 1.65. The molecule has 0 radical (unpaired) electrons. The highest BCUT2D eigenvalue weighted by Crippen LogP contribution is 2.12. The number of methoxy groups -OCH3 is 1. The van der Waals surface area contributed by atoms with Crippen LogP contribution >= 0.6 is 0 Å². The minimum absolute atomic E-state index is 0.329. The van der Waals surface area contributed by atoms with Crippen LogP contribution in [0.1, 0.15) is 13.8 Å². The summed E-state index contributed by atoms with van der Waals surface area (Å²) in [4.78, 5) is 10.6. The Morgan fingerprint density at radius 3 is 2.22 bits per heavy atom. The van der Waals surface area contributed by atoms with Gasteiger partial charge in [0.15, 0.2) is 0 Å². The molecule has 0 bridgehead atoms. The quantitative estimate of drug-likeness (QED) is 0.592. The van der Waals surface area contributed by atoms with Crippen molar-refractivity contribution in [1.29, 1.82) is 0 Å². The van der Waals surface area contributed by atoms with Crippen molar-refractivity contribution in [2.75, 3.05) is 13.7 Å². The van der Waals surface area contributed by atoms with Gasteiger partial charge in [-0.25, -0.2) is 0 Å². The molecule has 0 aliphatic carbocycles. The van der Waals surface area contributed by atoms with Crippen molar-refractivity contribution in [3.63, 3.8) is 0 Å². The Labute approximate surface area is 55.2 Å². The Bertz CT molecular complexity index is 110. The topological polar surface area (TPSA) is 52.3 Å². The molecule has 3 heteroatoms. The van der Waals surface area contributed by atoms with Gasteiger partial charge in [-0.05, 0) is 13.8 Å². The van der Waals surface area contributed by atoms with Crippen molar-refractivity contribution in [3.05, 3.63) is 0 Å². The van der Waals surface area contributed by atoms with E-state index < -0.39 is 5.41 Å². The number of nitrogens with two attached hydrogens (primary N) is 1. The molecule has 0 spiro atoms. The molecule has 0 aliphatic rings. The highest BCUT2D eigenvalue weighted by atomic mass is 16.5. The smallest absolute Gasteiger partial charge is 0.225 e. The number of amides is 1. The molecule has 54 valence electrons. The first kappa shape index (κ1) is 8.43. The normalized spacial score (nSPS) is 11.4. The van der Waals surface area contributed by atoms with Crippen LogP contribution in [0, 0.1) is 5.41 Å². The molecule has 1 amide bonds. The van der Waals surface area contributed by atoms with Gasteiger partial charge in [0.05, 0.1) is 12.0 Å². The summed E-state index contributed by atoms with van der Waals surface area (Å²) in [7, 11) is 1.55. The van der Waals surface area contributed by atoms with E-state index in [0.29, 0.717) is 6.61 Å². The van der Waals surface area contributed by atoms with Crippen LogP contribution in [0.4, 0.5) is 0 Å². The van der Waals surface area contributed by atoms with E-state index >= 15 is 0 Å². The first-order chi connectivity index (χ1) is 4.00. The number of hydrogen-bond donors (Lipinski definition) is 1. The lowest BCUT2D eigenvalue weighted by atomic mass is 9.94. The first-order valence-corrected chi connectivity index (χ1v) is 2.79. The zero-order chi connectivity index (χ0) is 7.49.